The topological polar surface area (TPSA) is 84.9 Å². The number of carbonyl (C=O) groups excluding carboxylic acids is 1. The molecule has 0 aromatic heterocycles. The van der Waals surface area contributed by atoms with Crippen molar-refractivity contribution < 1.29 is 22.7 Å². The second-order valence-electron chi connectivity index (χ2n) is 6.94. The molecule has 0 atom stereocenters. The summed E-state index contributed by atoms with van der Waals surface area (Å²) in [6, 6.07) is 22.4. The predicted octanol–water partition coefficient (Wildman–Crippen LogP) is 3.75. The van der Waals surface area contributed by atoms with Gasteiger partial charge in [0.05, 0.1) is 18.1 Å². The van der Waals surface area contributed by atoms with E-state index >= 15 is 0 Å². The van der Waals surface area contributed by atoms with Gasteiger partial charge in [-0.15, -0.1) is 0 Å². The van der Waals surface area contributed by atoms with Gasteiger partial charge in [0.25, 0.3) is 5.91 Å². The van der Waals surface area contributed by atoms with Gasteiger partial charge in [-0.25, -0.2) is 8.42 Å². The summed E-state index contributed by atoms with van der Waals surface area (Å²) >= 11 is 0. The second-order valence-corrected chi connectivity index (χ2v) is 8.88. The van der Waals surface area contributed by atoms with E-state index < -0.39 is 15.9 Å². The summed E-state index contributed by atoms with van der Waals surface area (Å²) in [5.41, 5.74) is 0.795. The Hall–Kier alpha value is -3.20. The molecule has 0 bridgehead atoms. The van der Waals surface area contributed by atoms with Crippen molar-refractivity contribution in [2.45, 2.75) is 4.90 Å². The lowest BCUT2D eigenvalue weighted by molar-refractivity contribution is 0.0730. The first-order valence-electron chi connectivity index (χ1n) is 9.85. The first kappa shape index (κ1) is 21.0. The van der Waals surface area contributed by atoms with Crippen molar-refractivity contribution in [1.29, 1.82) is 0 Å². The van der Waals surface area contributed by atoms with Crippen LogP contribution in [0.1, 0.15) is 10.4 Å². The van der Waals surface area contributed by atoms with Crippen molar-refractivity contribution in [3.8, 4) is 11.5 Å². The highest BCUT2D eigenvalue weighted by Gasteiger charge is 2.26. The number of hydrogen-bond donors (Lipinski definition) is 1. The maximum Gasteiger partial charge on any atom is 0.255 e. The summed E-state index contributed by atoms with van der Waals surface area (Å²) in [4.78, 5) is 12.8. The number of benzene rings is 3. The van der Waals surface area contributed by atoms with Gasteiger partial charge in [-0.05, 0) is 42.5 Å². The molecular formula is C23H22N2O5S. The molecule has 1 heterocycles. The van der Waals surface area contributed by atoms with Gasteiger partial charge in [-0.1, -0.05) is 30.3 Å². The number of ether oxygens (including phenoxy) is 2. The van der Waals surface area contributed by atoms with Crippen molar-refractivity contribution in [2.24, 2.45) is 0 Å². The Labute approximate surface area is 181 Å². The lowest BCUT2D eigenvalue weighted by Gasteiger charge is -2.26. The molecule has 0 saturated carbocycles. The number of amides is 1. The van der Waals surface area contributed by atoms with E-state index in [9.17, 15) is 13.2 Å². The molecule has 1 saturated heterocycles. The molecule has 0 spiro atoms. The Kier molecular flexibility index (Phi) is 6.31. The monoisotopic (exact) mass is 438 g/mol. The summed E-state index contributed by atoms with van der Waals surface area (Å²) in [7, 11) is -3.68. The largest absolute Gasteiger partial charge is 0.457 e. The number of para-hydroxylation sites is 1. The number of carbonyl (C=O) groups is 1. The molecule has 1 aliphatic heterocycles. The van der Waals surface area contributed by atoms with E-state index in [0.29, 0.717) is 43.5 Å². The fourth-order valence-corrected chi connectivity index (χ4v) is 4.65. The van der Waals surface area contributed by atoms with Gasteiger partial charge in [-0.2, -0.15) is 4.31 Å². The highest BCUT2D eigenvalue weighted by Crippen LogP contribution is 2.24. The van der Waals surface area contributed by atoms with Crippen molar-refractivity contribution in [2.75, 3.05) is 31.6 Å². The summed E-state index contributed by atoms with van der Waals surface area (Å²) in [5, 5.41) is 2.80. The smallest absolute Gasteiger partial charge is 0.255 e. The third kappa shape index (κ3) is 5.11. The first-order chi connectivity index (χ1) is 15.0. The van der Waals surface area contributed by atoms with Crippen LogP contribution in [0.5, 0.6) is 11.5 Å². The van der Waals surface area contributed by atoms with Crippen LogP contribution in [0.25, 0.3) is 0 Å². The molecule has 0 radical (unpaired) electrons. The number of morpholine rings is 1. The van der Waals surface area contributed by atoms with Gasteiger partial charge in [0.2, 0.25) is 10.0 Å². The van der Waals surface area contributed by atoms with Gasteiger partial charge in [-0.3, -0.25) is 4.79 Å². The van der Waals surface area contributed by atoms with Crippen LogP contribution in [-0.2, 0) is 14.8 Å². The number of nitrogens with one attached hydrogen (secondary N) is 1. The van der Waals surface area contributed by atoms with E-state index in [1.165, 1.54) is 16.4 Å². The third-order valence-electron chi connectivity index (χ3n) is 4.77. The zero-order chi connectivity index (χ0) is 21.7. The van der Waals surface area contributed by atoms with Crippen LogP contribution in [-0.4, -0.2) is 44.9 Å². The Morgan fingerprint density at radius 2 is 1.58 bits per heavy atom. The minimum atomic E-state index is -3.68. The van der Waals surface area contributed by atoms with Gasteiger partial charge in [0, 0.05) is 30.4 Å². The molecule has 1 aliphatic rings. The summed E-state index contributed by atoms with van der Waals surface area (Å²) in [5.74, 6) is 0.857. The zero-order valence-electron chi connectivity index (χ0n) is 16.7. The van der Waals surface area contributed by atoms with Gasteiger partial charge >= 0.3 is 0 Å². The molecule has 0 aliphatic carbocycles. The van der Waals surface area contributed by atoms with Crippen LogP contribution in [0.15, 0.2) is 83.8 Å². The van der Waals surface area contributed by atoms with E-state index in [1.54, 1.807) is 36.4 Å². The maximum atomic E-state index is 12.9. The summed E-state index contributed by atoms with van der Waals surface area (Å²) in [6.45, 7) is 1.32. The Balaban J connectivity index is 1.49. The quantitative estimate of drug-likeness (QED) is 0.634. The maximum absolute atomic E-state index is 12.9. The molecule has 8 heteroatoms. The highest BCUT2D eigenvalue weighted by atomic mass is 32.2. The van der Waals surface area contributed by atoms with Gasteiger partial charge < -0.3 is 14.8 Å². The predicted molar refractivity (Wildman–Crippen MR) is 117 cm³/mol. The van der Waals surface area contributed by atoms with E-state index in [2.05, 4.69) is 5.32 Å². The van der Waals surface area contributed by atoms with Crippen molar-refractivity contribution >= 4 is 21.6 Å². The molecule has 0 unspecified atom stereocenters. The molecule has 1 amide bonds. The SMILES string of the molecule is O=C(Nc1cccc(Oc2ccccc2)c1)c1cccc(S(=O)(=O)N2CCOCC2)c1. The molecule has 3 aromatic rings. The van der Waals surface area contributed by atoms with E-state index in [1.807, 2.05) is 30.3 Å². The fraction of sp³-hybridized carbons (Fsp3) is 0.174. The minimum Gasteiger partial charge on any atom is -0.457 e. The lowest BCUT2D eigenvalue weighted by atomic mass is 10.2. The molecule has 3 aromatic carbocycles. The molecule has 1 fully saturated rings. The van der Waals surface area contributed by atoms with E-state index in [-0.39, 0.29) is 10.5 Å². The highest BCUT2D eigenvalue weighted by molar-refractivity contribution is 7.89. The molecular weight excluding hydrogens is 416 g/mol. The van der Waals surface area contributed by atoms with Crippen molar-refractivity contribution in [1.82, 2.24) is 4.31 Å². The molecule has 31 heavy (non-hydrogen) atoms. The molecule has 160 valence electrons. The third-order valence-corrected chi connectivity index (χ3v) is 6.67. The van der Waals surface area contributed by atoms with Crippen molar-refractivity contribution in [3.05, 3.63) is 84.4 Å². The van der Waals surface area contributed by atoms with E-state index in [4.69, 9.17) is 9.47 Å². The lowest BCUT2D eigenvalue weighted by Crippen LogP contribution is -2.40. The standard InChI is InChI=1S/C23H22N2O5S/c26-23(24-19-7-5-10-21(17-19)30-20-8-2-1-3-9-20)18-6-4-11-22(16-18)31(27,28)25-12-14-29-15-13-25/h1-11,16-17H,12-15H2,(H,24,26). The molecule has 1 N–H and O–H groups in total. The van der Waals surface area contributed by atoms with Gasteiger partial charge in [0.15, 0.2) is 0 Å². The number of sulfonamides is 1. The van der Waals surface area contributed by atoms with Gasteiger partial charge in [0.1, 0.15) is 11.5 Å². The van der Waals surface area contributed by atoms with Crippen molar-refractivity contribution in [3.63, 3.8) is 0 Å². The van der Waals surface area contributed by atoms with Crippen LogP contribution in [0.4, 0.5) is 5.69 Å². The minimum absolute atomic E-state index is 0.0863. The average Bonchev–Trinajstić information content (AvgIpc) is 2.81. The van der Waals surface area contributed by atoms with Crippen LogP contribution in [0.3, 0.4) is 0 Å². The number of hydrogen-bond acceptors (Lipinski definition) is 5. The van der Waals surface area contributed by atoms with E-state index in [0.717, 1.165) is 0 Å². The Morgan fingerprint density at radius 3 is 2.35 bits per heavy atom. The zero-order valence-corrected chi connectivity index (χ0v) is 17.5. The summed E-state index contributed by atoms with van der Waals surface area (Å²) in [6.07, 6.45) is 0. The molecule has 7 nitrogen and oxygen atoms in total. The van der Waals surface area contributed by atoms with Crippen LogP contribution in [0, 0.1) is 0 Å². The number of nitrogens with zero attached hydrogens (tertiary/aromatic N) is 1. The number of rotatable bonds is 6. The average molecular weight is 439 g/mol. The van der Waals surface area contributed by atoms with Crippen LogP contribution in [0.2, 0.25) is 0 Å². The summed E-state index contributed by atoms with van der Waals surface area (Å²) < 4.78 is 38.1. The Bertz CT molecular complexity index is 1160. The van der Waals surface area contributed by atoms with Crippen LogP contribution < -0.4 is 10.1 Å². The fourth-order valence-electron chi connectivity index (χ4n) is 3.20. The first-order valence-corrected chi connectivity index (χ1v) is 11.3. The second kappa shape index (κ2) is 9.30. The normalized spacial score (nSPS) is 14.7. The number of anilines is 1. The molecule has 4 rings (SSSR count). The van der Waals surface area contributed by atoms with Crippen LogP contribution >= 0.6 is 0 Å². The Morgan fingerprint density at radius 1 is 0.871 bits per heavy atom.